The highest BCUT2D eigenvalue weighted by atomic mass is 35.5. The normalized spacial score (nSPS) is 12.0. The van der Waals surface area contributed by atoms with Gasteiger partial charge >= 0.3 is 0 Å². The van der Waals surface area contributed by atoms with E-state index in [1.165, 1.54) is 11.4 Å². The van der Waals surface area contributed by atoms with E-state index in [1.54, 1.807) is 24.3 Å². The Hall–Kier alpha value is -0.620. The summed E-state index contributed by atoms with van der Waals surface area (Å²) in [5.74, 6) is -0.270. The van der Waals surface area contributed by atoms with Gasteiger partial charge in [-0.05, 0) is 11.6 Å². The van der Waals surface area contributed by atoms with Gasteiger partial charge in [-0.2, -0.15) is 0 Å². The quantitative estimate of drug-likeness (QED) is 0.865. The average Bonchev–Trinajstić information content (AvgIpc) is 2.21. The van der Waals surface area contributed by atoms with Crippen LogP contribution in [0.4, 0.5) is 0 Å². The summed E-state index contributed by atoms with van der Waals surface area (Å²) in [6.45, 7) is -0.169. The van der Waals surface area contributed by atoms with E-state index < -0.39 is 10.0 Å². The van der Waals surface area contributed by atoms with Crippen molar-refractivity contribution in [3.63, 3.8) is 0 Å². The van der Waals surface area contributed by atoms with Crippen molar-refractivity contribution in [2.24, 2.45) is 0 Å². The number of benzene rings is 1. The highest BCUT2D eigenvalue weighted by Crippen LogP contribution is 2.17. The zero-order valence-electron chi connectivity index (χ0n) is 8.93. The van der Waals surface area contributed by atoms with Crippen molar-refractivity contribution in [1.82, 2.24) is 4.31 Å². The van der Waals surface area contributed by atoms with Gasteiger partial charge in [0.25, 0.3) is 0 Å². The molecule has 0 spiro atoms. The van der Waals surface area contributed by atoms with Crippen molar-refractivity contribution in [3.05, 3.63) is 34.9 Å². The second-order valence-corrected chi connectivity index (χ2v) is 5.99. The first-order valence-electron chi connectivity index (χ1n) is 4.75. The summed E-state index contributed by atoms with van der Waals surface area (Å²) >= 11 is 5.92. The van der Waals surface area contributed by atoms with Crippen LogP contribution in [0.25, 0.3) is 0 Å². The first-order chi connectivity index (χ1) is 7.47. The maximum atomic E-state index is 11.6. The molecule has 1 aromatic carbocycles. The van der Waals surface area contributed by atoms with Crippen molar-refractivity contribution < 1.29 is 13.5 Å². The number of nitrogens with zero attached hydrogens (tertiary/aromatic N) is 1. The molecule has 90 valence electrons. The van der Waals surface area contributed by atoms with Crippen molar-refractivity contribution in [3.8, 4) is 0 Å². The van der Waals surface area contributed by atoms with Crippen molar-refractivity contribution in [2.75, 3.05) is 19.4 Å². The standard InChI is InChI=1S/C10H14ClNO3S/c1-12(16(14,15)7-6-13)8-9-4-2-3-5-10(9)11/h2-5,13H,6-8H2,1H3. The summed E-state index contributed by atoms with van der Waals surface area (Å²) in [4.78, 5) is 0. The van der Waals surface area contributed by atoms with Crippen LogP contribution >= 0.6 is 11.6 Å². The molecule has 16 heavy (non-hydrogen) atoms. The molecule has 0 amide bonds. The van der Waals surface area contributed by atoms with Gasteiger partial charge in [-0.15, -0.1) is 0 Å². The van der Waals surface area contributed by atoms with Gasteiger partial charge in [-0.1, -0.05) is 29.8 Å². The summed E-state index contributed by atoms with van der Waals surface area (Å²) in [5.41, 5.74) is 0.744. The molecular weight excluding hydrogens is 250 g/mol. The minimum Gasteiger partial charge on any atom is -0.395 e. The Morgan fingerprint density at radius 2 is 2.00 bits per heavy atom. The van der Waals surface area contributed by atoms with E-state index in [4.69, 9.17) is 16.7 Å². The molecular formula is C10H14ClNO3S. The van der Waals surface area contributed by atoms with Crippen LogP contribution < -0.4 is 0 Å². The first-order valence-corrected chi connectivity index (χ1v) is 6.74. The molecule has 0 aliphatic carbocycles. The second-order valence-electron chi connectivity index (χ2n) is 3.39. The zero-order chi connectivity index (χ0) is 12.2. The van der Waals surface area contributed by atoms with Crippen LogP contribution in [-0.4, -0.2) is 37.2 Å². The lowest BCUT2D eigenvalue weighted by Crippen LogP contribution is -2.30. The Balaban J connectivity index is 2.79. The number of halogens is 1. The fraction of sp³-hybridized carbons (Fsp3) is 0.400. The van der Waals surface area contributed by atoms with E-state index in [-0.39, 0.29) is 18.9 Å². The van der Waals surface area contributed by atoms with Crippen LogP contribution in [-0.2, 0) is 16.6 Å². The third kappa shape index (κ3) is 3.45. The number of rotatable bonds is 5. The van der Waals surface area contributed by atoms with Gasteiger partial charge in [0, 0.05) is 18.6 Å². The predicted octanol–water partition coefficient (Wildman–Crippen LogP) is 1.09. The fourth-order valence-corrected chi connectivity index (χ4v) is 2.31. The average molecular weight is 264 g/mol. The van der Waals surface area contributed by atoms with E-state index >= 15 is 0 Å². The topological polar surface area (TPSA) is 57.6 Å². The molecule has 1 aromatic rings. The number of hydrogen-bond donors (Lipinski definition) is 1. The number of hydrogen-bond acceptors (Lipinski definition) is 3. The maximum Gasteiger partial charge on any atom is 0.216 e. The fourth-order valence-electron chi connectivity index (χ4n) is 1.24. The Labute approximate surface area is 101 Å². The molecule has 6 heteroatoms. The maximum absolute atomic E-state index is 11.6. The van der Waals surface area contributed by atoms with Crippen LogP contribution in [0.1, 0.15) is 5.56 Å². The Morgan fingerprint density at radius 3 is 2.56 bits per heavy atom. The Morgan fingerprint density at radius 1 is 1.38 bits per heavy atom. The van der Waals surface area contributed by atoms with Gasteiger partial charge in [0.05, 0.1) is 12.4 Å². The summed E-state index contributed by atoms with van der Waals surface area (Å²) in [5, 5.41) is 9.18. The molecule has 4 nitrogen and oxygen atoms in total. The van der Waals surface area contributed by atoms with Crippen molar-refractivity contribution in [1.29, 1.82) is 0 Å². The van der Waals surface area contributed by atoms with Gasteiger partial charge in [0.1, 0.15) is 0 Å². The summed E-state index contributed by atoms with van der Waals surface area (Å²) in [7, 11) is -1.93. The lowest BCUT2D eigenvalue weighted by Gasteiger charge is -2.17. The number of sulfonamides is 1. The minimum absolute atomic E-state index is 0.210. The van der Waals surface area contributed by atoms with Gasteiger partial charge in [-0.3, -0.25) is 0 Å². The monoisotopic (exact) mass is 263 g/mol. The van der Waals surface area contributed by atoms with E-state index in [1.807, 2.05) is 0 Å². The molecule has 1 rings (SSSR count). The van der Waals surface area contributed by atoms with Crippen LogP contribution in [0.15, 0.2) is 24.3 Å². The summed E-state index contributed by atoms with van der Waals surface area (Å²) in [6, 6.07) is 7.07. The zero-order valence-corrected chi connectivity index (χ0v) is 10.5. The Kier molecular flexibility index (Phi) is 4.73. The highest BCUT2D eigenvalue weighted by molar-refractivity contribution is 7.89. The van der Waals surface area contributed by atoms with Crippen molar-refractivity contribution in [2.45, 2.75) is 6.54 Å². The smallest absolute Gasteiger partial charge is 0.216 e. The van der Waals surface area contributed by atoms with Crippen LogP contribution in [0.3, 0.4) is 0 Å². The van der Waals surface area contributed by atoms with E-state index in [9.17, 15) is 8.42 Å². The summed E-state index contributed by atoms with van der Waals surface area (Å²) in [6.07, 6.45) is 0. The molecule has 0 unspecified atom stereocenters. The van der Waals surface area contributed by atoms with Crippen LogP contribution in [0.2, 0.25) is 5.02 Å². The molecule has 0 bridgehead atoms. The molecule has 0 fully saturated rings. The molecule has 0 radical (unpaired) electrons. The third-order valence-electron chi connectivity index (χ3n) is 2.17. The molecule has 1 N–H and O–H groups in total. The minimum atomic E-state index is -3.40. The largest absolute Gasteiger partial charge is 0.395 e. The van der Waals surface area contributed by atoms with E-state index in [2.05, 4.69) is 0 Å². The number of aliphatic hydroxyl groups excluding tert-OH is 1. The molecule has 0 aliphatic rings. The van der Waals surface area contributed by atoms with Crippen LogP contribution in [0.5, 0.6) is 0 Å². The first kappa shape index (κ1) is 13.4. The molecule has 0 aromatic heterocycles. The van der Waals surface area contributed by atoms with E-state index in [0.717, 1.165) is 5.56 Å². The second kappa shape index (κ2) is 5.63. The Bertz CT molecular complexity index is 447. The molecule has 0 atom stereocenters. The predicted molar refractivity (Wildman–Crippen MR) is 63.8 cm³/mol. The summed E-state index contributed by atoms with van der Waals surface area (Å²) < 4.78 is 24.3. The van der Waals surface area contributed by atoms with Gasteiger partial charge in [0.2, 0.25) is 10.0 Å². The van der Waals surface area contributed by atoms with Crippen LogP contribution in [0, 0.1) is 0 Å². The molecule has 0 aliphatic heterocycles. The van der Waals surface area contributed by atoms with Gasteiger partial charge < -0.3 is 5.11 Å². The molecule has 0 saturated carbocycles. The van der Waals surface area contributed by atoms with E-state index in [0.29, 0.717) is 5.02 Å². The molecule has 0 heterocycles. The lowest BCUT2D eigenvalue weighted by molar-refractivity contribution is 0.316. The lowest BCUT2D eigenvalue weighted by atomic mass is 10.2. The highest BCUT2D eigenvalue weighted by Gasteiger charge is 2.17. The molecule has 0 saturated heterocycles. The number of aliphatic hydroxyl groups is 1. The van der Waals surface area contributed by atoms with Gasteiger partial charge in [-0.25, -0.2) is 12.7 Å². The SMILES string of the molecule is CN(Cc1ccccc1Cl)S(=O)(=O)CCO. The van der Waals surface area contributed by atoms with Gasteiger partial charge in [0.15, 0.2) is 0 Å². The third-order valence-corrected chi connectivity index (χ3v) is 4.32. The van der Waals surface area contributed by atoms with Crippen molar-refractivity contribution >= 4 is 21.6 Å².